The molecule has 0 aliphatic carbocycles. The van der Waals surface area contributed by atoms with Gasteiger partial charge in [-0.3, -0.25) is 32.9 Å². The highest BCUT2D eigenvalue weighted by Crippen LogP contribution is 2.68. The van der Waals surface area contributed by atoms with Crippen molar-refractivity contribution in [1.82, 2.24) is 39.0 Å². The van der Waals surface area contributed by atoms with Crippen molar-refractivity contribution in [3.05, 3.63) is 29.3 Å². The zero-order valence-corrected chi connectivity index (χ0v) is 29.9. The number of aryl methyl sites for hydroxylation is 1. The normalized spacial score (nSPS) is 32.3. The molecule has 53 heavy (non-hydrogen) atoms. The fraction of sp³-hybridized carbons (Fsp3) is 0.565. The van der Waals surface area contributed by atoms with Crippen molar-refractivity contribution >= 4 is 57.6 Å². The number of ether oxygens (including phenoxy) is 2. The summed E-state index contributed by atoms with van der Waals surface area (Å²) < 4.78 is 71.5. The second-order valence-corrected chi connectivity index (χ2v) is 17.1. The van der Waals surface area contributed by atoms with Crippen LogP contribution in [-0.4, -0.2) is 132 Å². The first-order valence-electron chi connectivity index (χ1n) is 15.2. The summed E-state index contributed by atoms with van der Waals surface area (Å²) in [5, 5.41) is 32.3. The van der Waals surface area contributed by atoms with Gasteiger partial charge in [0.05, 0.1) is 32.6 Å². The number of fused-ring (bicyclic) bond motifs is 4. The van der Waals surface area contributed by atoms with Crippen LogP contribution in [0.3, 0.4) is 0 Å². The summed E-state index contributed by atoms with van der Waals surface area (Å²) >= 11 is 0. The number of phosphoric ester groups is 2. The van der Waals surface area contributed by atoms with E-state index >= 15 is 0 Å². The van der Waals surface area contributed by atoms with E-state index in [4.69, 9.17) is 25.5 Å². The molecular weight excluding hydrogens is 779 g/mol. The van der Waals surface area contributed by atoms with Crippen LogP contribution >= 0.6 is 23.5 Å². The van der Waals surface area contributed by atoms with Gasteiger partial charge in [-0.25, -0.2) is 33.2 Å². The van der Waals surface area contributed by atoms with Crippen molar-refractivity contribution in [1.29, 1.82) is 0 Å². The molecule has 11 N–H and O–H groups in total. The molecule has 5 unspecified atom stereocenters. The Balaban J connectivity index is 0.972. The molecule has 0 spiro atoms. The van der Waals surface area contributed by atoms with Gasteiger partial charge in [-0.15, -0.1) is 0 Å². The van der Waals surface area contributed by atoms with E-state index in [1.165, 1.54) is 39.7 Å². The Kier molecular flexibility index (Phi) is 9.43. The van der Waals surface area contributed by atoms with Crippen molar-refractivity contribution < 1.29 is 75.4 Å². The maximum absolute atomic E-state index is 12.8. The standard InChI is InChI=1S/C23H32N11O16P3/c1-31-4-23(15(37)11(31)20(48-23)33-7-28-10-16(24)26-6-27-17(10)33)5-46-52(41,42)50-53(43,44)49-51(39,40)45-3-9-13(35)14(36)21(47-9)34-8-32(2)12-18(34)29-22(25)30-19(12)38/h6-9,11,13-15,20-21,35-37H,3-5H2,1-2H3,(H7-,24,25,26,27,29,30,38,39,40,41,42,43,44)/p+1/t9-,11+,13?,14+,15?,20-,21-,23-/m1/s1. The zero-order valence-electron chi connectivity index (χ0n) is 27.2. The van der Waals surface area contributed by atoms with E-state index in [1.54, 1.807) is 11.9 Å². The summed E-state index contributed by atoms with van der Waals surface area (Å²) in [6.07, 6.45) is -4.96. The van der Waals surface area contributed by atoms with E-state index in [0.29, 0.717) is 0 Å². The zero-order chi connectivity index (χ0) is 38.4. The lowest BCUT2D eigenvalue weighted by molar-refractivity contribution is -0.745. The Labute approximate surface area is 295 Å². The molecule has 0 saturated carbocycles. The number of aliphatic hydroxyl groups excluding tert-OH is 3. The summed E-state index contributed by atoms with van der Waals surface area (Å²) in [5.41, 5.74) is 9.69. The monoisotopic (exact) mass is 812 g/mol. The molecule has 7 heterocycles. The van der Waals surface area contributed by atoms with Crippen LogP contribution in [-0.2, 0) is 47.9 Å². The number of anilines is 2. The maximum Gasteiger partial charge on any atom is 0.490 e. The van der Waals surface area contributed by atoms with Crippen molar-refractivity contribution in [2.45, 2.75) is 48.5 Å². The molecule has 0 aromatic carbocycles. The van der Waals surface area contributed by atoms with Crippen LogP contribution in [0.15, 0.2) is 23.8 Å². The van der Waals surface area contributed by atoms with Crippen molar-refractivity contribution in [3.8, 4) is 0 Å². The Bertz CT molecular complexity index is 2290. The summed E-state index contributed by atoms with van der Waals surface area (Å²) in [5.74, 6) is -0.172. The number of nitrogens with zero attached hydrogens (tertiary/aromatic N) is 8. The lowest BCUT2D eigenvalue weighted by Gasteiger charge is -2.35. The number of morpholine rings is 1. The van der Waals surface area contributed by atoms with Crippen LogP contribution in [0.4, 0.5) is 11.8 Å². The molecule has 0 radical (unpaired) electrons. The highest BCUT2D eigenvalue weighted by Gasteiger charge is 2.64. The highest BCUT2D eigenvalue weighted by atomic mass is 31.3. The second kappa shape index (κ2) is 13.2. The number of nitrogens with two attached hydrogens (primary N) is 2. The number of hydrogen-bond acceptors (Lipinski definition) is 20. The smallest absolute Gasteiger partial charge is 0.388 e. The number of aliphatic hydroxyl groups is 3. The first-order valence-corrected chi connectivity index (χ1v) is 19.7. The quantitative estimate of drug-likeness (QED) is 0.0494. The number of hydrogen-bond donors (Lipinski definition) is 9. The molecule has 0 amide bonds. The van der Waals surface area contributed by atoms with Gasteiger partial charge in [0.1, 0.15) is 41.9 Å². The number of nitrogen functional groups attached to an aromatic ring is 2. The van der Waals surface area contributed by atoms with E-state index in [0.717, 1.165) is 0 Å². The fourth-order valence-corrected chi connectivity index (χ4v) is 10.2. The number of aromatic nitrogens is 8. The number of likely N-dealkylation sites (tertiary alicyclic amines) is 1. The fourth-order valence-electron chi connectivity index (χ4n) is 6.64. The van der Waals surface area contributed by atoms with Crippen LogP contribution in [0, 0.1) is 0 Å². The third-order valence-electron chi connectivity index (χ3n) is 8.89. The average Bonchev–Trinajstić information content (AvgIpc) is 3.81. The van der Waals surface area contributed by atoms with E-state index in [-0.39, 0.29) is 40.6 Å². The number of imidazole rings is 2. The highest BCUT2D eigenvalue weighted by molar-refractivity contribution is 7.66. The third kappa shape index (κ3) is 6.82. The number of likely N-dealkylation sites (N-methyl/N-ethyl adjacent to an activating group) is 1. The van der Waals surface area contributed by atoms with Gasteiger partial charge in [-0.05, 0) is 7.05 Å². The molecule has 3 saturated heterocycles. The lowest BCUT2D eigenvalue weighted by Crippen LogP contribution is -2.47. The van der Waals surface area contributed by atoms with Crippen LogP contribution in [0.25, 0.3) is 22.3 Å². The number of H-pyrrole nitrogens is 1. The molecule has 290 valence electrons. The topological polar surface area (TPSA) is 381 Å². The van der Waals surface area contributed by atoms with Crippen molar-refractivity contribution in [2.24, 2.45) is 7.05 Å². The van der Waals surface area contributed by atoms with Crippen LogP contribution < -0.4 is 21.6 Å². The Morgan fingerprint density at radius 1 is 1.04 bits per heavy atom. The van der Waals surface area contributed by atoms with Gasteiger partial charge in [-0.2, -0.15) is 8.62 Å². The summed E-state index contributed by atoms with van der Waals surface area (Å²) in [6.45, 7) is -1.98. The second-order valence-electron chi connectivity index (χ2n) is 12.4. The molecular formula is C23H33N11O16P3+. The Hall–Kier alpha value is -3.33. The predicted octanol–water partition coefficient (Wildman–Crippen LogP) is -3.52. The summed E-state index contributed by atoms with van der Waals surface area (Å²) in [7, 11) is -14.1. The SMILES string of the molecule is CN1C[C@]2(COP(=O)(O)OP(=O)(O)OP(=O)(O)OC[C@H]3O[C@@H]([n+]4cn(C)c5c(=O)[nH]c(N)nc54)[C@@H](O)C3O)O[C@@H](n3cnc4c(N)ncnc43)[C@@H]1C2O. The van der Waals surface area contributed by atoms with Crippen LogP contribution in [0.5, 0.6) is 0 Å². The van der Waals surface area contributed by atoms with Gasteiger partial charge < -0.3 is 50.9 Å². The molecule has 27 nitrogen and oxygen atoms in total. The number of phosphoric acid groups is 3. The first kappa shape index (κ1) is 38.0. The van der Waals surface area contributed by atoms with Gasteiger partial charge >= 0.3 is 29.1 Å². The number of rotatable bonds is 12. The van der Waals surface area contributed by atoms with Gasteiger partial charge in [0.15, 0.2) is 24.0 Å². The van der Waals surface area contributed by atoms with Crippen molar-refractivity contribution in [2.75, 3.05) is 38.3 Å². The molecule has 4 aromatic rings. The maximum atomic E-state index is 12.8. The lowest BCUT2D eigenvalue weighted by atomic mass is 10.0. The molecule has 4 aromatic heterocycles. The van der Waals surface area contributed by atoms with Gasteiger partial charge in [0, 0.05) is 6.54 Å². The minimum atomic E-state index is -5.95. The molecule has 30 heteroatoms. The number of nitrogens with one attached hydrogen (secondary N) is 1. The minimum absolute atomic E-state index is 0.0292. The molecule has 3 aliphatic heterocycles. The average molecular weight is 812 g/mol. The summed E-state index contributed by atoms with van der Waals surface area (Å²) in [4.78, 5) is 63.1. The molecule has 11 atom stereocenters. The van der Waals surface area contributed by atoms with Gasteiger partial charge in [0.25, 0.3) is 11.5 Å². The number of aromatic amines is 1. The van der Waals surface area contributed by atoms with Gasteiger partial charge in [0.2, 0.25) is 11.7 Å². The minimum Gasteiger partial charge on any atom is -0.388 e. The van der Waals surface area contributed by atoms with E-state index in [9.17, 15) is 48.5 Å². The summed E-state index contributed by atoms with van der Waals surface area (Å²) in [6, 6.07) is -0.750. The molecule has 2 bridgehead atoms. The Morgan fingerprint density at radius 3 is 2.45 bits per heavy atom. The first-order chi connectivity index (χ1) is 24.7. The predicted molar refractivity (Wildman–Crippen MR) is 170 cm³/mol. The molecule has 3 aliphatic rings. The third-order valence-corrected chi connectivity index (χ3v) is 13.1. The van der Waals surface area contributed by atoms with E-state index < -0.39 is 90.8 Å². The molecule has 3 fully saturated rings. The van der Waals surface area contributed by atoms with E-state index in [1.807, 2.05) is 0 Å². The Morgan fingerprint density at radius 2 is 1.74 bits per heavy atom. The van der Waals surface area contributed by atoms with Gasteiger partial charge in [-0.1, -0.05) is 4.98 Å². The largest absolute Gasteiger partial charge is 0.490 e. The van der Waals surface area contributed by atoms with Crippen LogP contribution in [0.1, 0.15) is 12.5 Å². The van der Waals surface area contributed by atoms with E-state index in [2.05, 4.69) is 38.1 Å². The van der Waals surface area contributed by atoms with Crippen LogP contribution in [0.2, 0.25) is 0 Å². The molecule has 7 rings (SSSR count). The van der Waals surface area contributed by atoms with Crippen molar-refractivity contribution in [3.63, 3.8) is 0 Å².